The van der Waals surface area contributed by atoms with Crippen LogP contribution < -0.4 is 4.98 Å². The van der Waals surface area contributed by atoms with Gasteiger partial charge in [-0.25, -0.2) is 0 Å². The lowest BCUT2D eigenvalue weighted by Gasteiger charge is -2.30. The van der Waals surface area contributed by atoms with Crippen LogP contribution in [0.25, 0.3) is 0 Å². The molecule has 0 aromatic rings. The summed E-state index contributed by atoms with van der Waals surface area (Å²) in [5.74, 6) is -0.104. The zero-order valence-corrected chi connectivity index (χ0v) is 9.89. The summed E-state index contributed by atoms with van der Waals surface area (Å²) in [6.45, 7) is 9.63. The molecule has 0 aliphatic heterocycles. The van der Waals surface area contributed by atoms with Crippen LogP contribution in [-0.4, -0.2) is 27.0 Å². The van der Waals surface area contributed by atoms with Crippen molar-refractivity contribution in [3.05, 3.63) is 12.7 Å². The maximum absolute atomic E-state index is 11.1. The van der Waals surface area contributed by atoms with Crippen LogP contribution in [0.4, 0.5) is 0 Å². The zero-order valence-electron chi connectivity index (χ0n) is 8.89. The third kappa shape index (κ3) is 3.74. The lowest BCUT2D eigenvalue weighted by atomic mass is 10.5. The van der Waals surface area contributed by atoms with Gasteiger partial charge in [-0.3, -0.25) is 4.79 Å². The van der Waals surface area contributed by atoms with E-state index in [2.05, 4.69) is 31.6 Å². The van der Waals surface area contributed by atoms with Crippen molar-refractivity contribution >= 4 is 14.1 Å². The first-order chi connectivity index (χ1) is 5.97. The van der Waals surface area contributed by atoms with Gasteiger partial charge in [0.2, 0.25) is 5.91 Å². The maximum atomic E-state index is 11.1. The fourth-order valence-corrected chi connectivity index (χ4v) is 3.93. The minimum Gasteiger partial charge on any atom is -0.383 e. The molecule has 1 N–H and O–H groups in total. The summed E-state index contributed by atoms with van der Waals surface area (Å²) in [4.78, 5) is 14.1. The van der Waals surface area contributed by atoms with Gasteiger partial charge in [-0.2, -0.15) is 0 Å². The number of rotatable bonds is 5. The van der Waals surface area contributed by atoms with Gasteiger partial charge >= 0.3 is 0 Å². The van der Waals surface area contributed by atoms with Crippen LogP contribution in [0.1, 0.15) is 13.3 Å². The van der Waals surface area contributed by atoms with E-state index in [1.165, 1.54) is 6.08 Å². The molecule has 0 spiro atoms. The monoisotopic (exact) mass is 201 g/mol. The summed E-state index contributed by atoms with van der Waals surface area (Å²) >= 11 is 0. The van der Waals surface area contributed by atoms with Gasteiger partial charge in [0, 0.05) is 7.11 Å². The number of hydrogen-bond donors (Lipinski definition) is 1. The number of carbonyl (C=O) groups is 1. The normalized spacial score (nSPS) is 13.5. The van der Waals surface area contributed by atoms with Crippen molar-refractivity contribution in [1.29, 1.82) is 0 Å². The van der Waals surface area contributed by atoms with Gasteiger partial charge < -0.3 is 9.72 Å². The molecule has 0 aliphatic carbocycles. The molecule has 0 bridgehead atoms. The molecule has 1 unspecified atom stereocenters. The SMILES string of the molecule is C=CC(=O)N[Si](C)(C)C(CC)OC. The Balaban J connectivity index is 4.34. The van der Waals surface area contributed by atoms with Crippen molar-refractivity contribution < 1.29 is 9.53 Å². The quantitative estimate of drug-likeness (QED) is 0.540. The molecular formula is C9H19NO2Si. The molecule has 4 heteroatoms. The van der Waals surface area contributed by atoms with E-state index in [1.807, 2.05) is 0 Å². The van der Waals surface area contributed by atoms with Gasteiger partial charge in [-0.15, -0.1) is 0 Å². The van der Waals surface area contributed by atoms with Crippen molar-refractivity contribution in [2.24, 2.45) is 0 Å². The van der Waals surface area contributed by atoms with E-state index in [0.29, 0.717) is 0 Å². The van der Waals surface area contributed by atoms with Crippen molar-refractivity contribution in [3.8, 4) is 0 Å². The standard InChI is InChI=1S/C9H19NO2Si/c1-6-8(11)10-13(4,5)9(7-2)12-3/h6,9H,1,7H2,2-5H3,(H,10,11). The minimum atomic E-state index is -1.81. The Kier molecular flexibility index (Phi) is 4.94. The molecule has 0 aliphatic rings. The lowest BCUT2D eigenvalue weighted by molar-refractivity contribution is -0.115. The Morgan fingerprint density at radius 2 is 2.23 bits per heavy atom. The molecule has 1 atom stereocenters. The molecule has 0 heterocycles. The van der Waals surface area contributed by atoms with Crippen LogP contribution in [0.15, 0.2) is 12.7 Å². The number of hydrogen-bond acceptors (Lipinski definition) is 2. The van der Waals surface area contributed by atoms with Gasteiger partial charge in [-0.1, -0.05) is 13.5 Å². The zero-order chi connectivity index (χ0) is 10.5. The summed E-state index contributed by atoms with van der Waals surface area (Å²) in [5.41, 5.74) is 0.163. The van der Waals surface area contributed by atoms with Crippen molar-refractivity contribution in [3.63, 3.8) is 0 Å². The van der Waals surface area contributed by atoms with Crippen LogP contribution in [0.2, 0.25) is 13.1 Å². The smallest absolute Gasteiger partial charge is 0.235 e. The first-order valence-corrected chi connectivity index (χ1v) is 7.53. The maximum Gasteiger partial charge on any atom is 0.235 e. The van der Waals surface area contributed by atoms with Crippen molar-refractivity contribution in [2.75, 3.05) is 7.11 Å². The van der Waals surface area contributed by atoms with Gasteiger partial charge in [0.15, 0.2) is 8.24 Å². The highest BCUT2D eigenvalue weighted by Crippen LogP contribution is 2.11. The average Bonchev–Trinajstić information content (AvgIpc) is 2.05. The predicted molar refractivity (Wildman–Crippen MR) is 56.9 cm³/mol. The second-order valence-electron chi connectivity index (χ2n) is 3.55. The molecule has 76 valence electrons. The number of nitrogens with one attached hydrogen (secondary N) is 1. The Morgan fingerprint density at radius 1 is 1.69 bits per heavy atom. The highest BCUT2D eigenvalue weighted by atomic mass is 28.3. The number of amides is 1. The molecule has 0 aromatic heterocycles. The first-order valence-electron chi connectivity index (χ1n) is 4.45. The van der Waals surface area contributed by atoms with Crippen LogP contribution in [0, 0.1) is 0 Å². The number of carbonyl (C=O) groups excluding carboxylic acids is 1. The molecule has 0 rings (SSSR count). The Hall–Kier alpha value is -0.613. The molecule has 0 aromatic carbocycles. The Morgan fingerprint density at radius 3 is 2.54 bits per heavy atom. The van der Waals surface area contributed by atoms with Crippen LogP contribution in [0.5, 0.6) is 0 Å². The summed E-state index contributed by atoms with van der Waals surface area (Å²) in [6, 6.07) is 0. The third-order valence-electron chi connectivity index (χ3n) is 2.09. The molecule has 1 amide bonds. The van der Waals surface area contributed by atoms with Crippen LogP contribution >= 0.6 is 0 Å². The van der Waals surface area contributed by atoms with E-state index in [9.17, 15) is 4.79 Å². The third-order valence-corrected chi connectivity index (χ3v) is 5.24. The second-order valence-corrected chi connectivity index (χ2v) is 7.88. The van der Waals surface area contributed by atoms with Crippen LogP contribution in [-0.2, 0) is 9.53 Å². The molecular weight excluding hydrogens is 182 g/mol. The van der Waals surface area contributed by atoms with Crippen LogP contribution in [0.3, 0.4) is 0 Å². The van der Waals surface area contributed by atoms with E-state index in [1.54, 1.807) is 7.11 Å². The van der Waals surface area contributed by atoms with Gasteiger partial charge in [0.05, 0.1) is 5.73 Å². The minimum absolute atomic E-state index is 0.104. The van der Waals surface area contributed by atoms with Crippen molar-refractivity contribution in [2.45, 2.75) is 32.2 Å². The second kappa shape index (κ2) is 5.19. The van der Waals surface area contributed by atoms with Gasteiger partial charge in [-0.05, 0) is 25.6 Å². The number of ether oxygens (including phenoxy) is 1. The Bertz CT molecular complexity index is 188. The van der Waals surface area contributed by atoms with E-state index in [4.69, 9.17) is 4.74 Å². The predicted octanol–water partition coefficient (Wildman–Crippen LogP) is 1.46. The molecule has 0 saturated heterocycles. The Labute approximate surface area is 81.3 Å². The number of methoxy groups -OCH3 is 1. The topological polar surface area (TPSA) is 38.3 Å². The highest BCUT2D eigenvalue weighted by Gasteiger charge is 2.32. The summed E-state index contributed by atoms with van der Waals surface area (Å²) in [7, 11) is -0.126. The fourth-order valence-electron chi connectivity index (χ4n) is 1.42. The average molecular weight is 201 g/mol. The first kappa shape index (κ1) is 12.4. The highest BCUT2D eigenvalue weighted by molar-refractivity contribution is 6.78. The van der Waals surface area contributed by atoms with E-state index >= 15 is 0 Å². The van der Waals surface area contributed by atoms with E-state index < -0.39 is 8.24 Å². The summed E-state index contributed by atoms with van der Waals surface area (Å²) in [6.07, 6.45) is 2.23. The van der Waals surface area contributed by atoms with Crippen molar-refractivity contribution in [1.82, 2.24) is 4.98 Å². The van der Waals surface area contributed by atoms with E-state index in [0.717, 1.165) is 6.42 Å². The van der Waals surface area contributed by atoms with Gasteiger partial charge in [0.1, 0.15) is 0 Å². The molecule has 13 heavy (non-hydrogen) atoms. The largest absolute Gasteiger partial charge is 0.383 e. The summed E-state index contributed by atoms with van der Waals surface area (Å²) in [5, 5.41) is 0. The lowest BCUT2D eigenvalue weighted by Crippen LogP contribution is -2.57. The molecule has 0 fully saturated rings. The fraction of sp³-hybridized carbons (Fsp3) is 0.667. The molecule has 0 saturated carbocycles. The van der Waals surface area contributed by atoms with Gasteiger partial charge in [0.25, 0.3) is 0 Å². The molecule has 0 radical (unpaired) electrons. The van der Waals surface area contributed by atoms with E-state index in [-0.39, 0.29) is 11.6 Å². The molecule has 3 nitrogen and oxygen atoms in total. The summed E-state index contributed by atoms with van der Waals surface area (Å²) < 4.78 is 5.32.